The lowest BCUT2D eigenvalue weighted by Crippen LogP contribution is -2.43. The molecule has 10 heteroatoms. The van der Waals surface area contributed by atoms with Crippen molar-refractivity contribution in [3.8, 4) is 11.3 Å². The Kier molecular flexibility index (Phi) is 6.96. The Morgan fingerprint density at radius 2 is 1.59 bits per heavy atom. The molecular weight excluding hydrogens is 513 g/mol. The van der Waals surface area contributed by atoms with Gasteiger partial charge in [-0.2, -0.15) is 4.31 Å². The first-order valence-electron chi connectivity index (χ1n) is 11.6. The molecule has 1 fully saturated rings. The number of aromatic nitrogens is 1. The Hall–Kier alpha value is -3.73. The SMILES string of the molecule is O=C(c1ccccc1)c1sc(NC(=O)C2CCCN2S(=O)(=O)c2ccc(F)cc2)nc1-c1ccccc1. The highest BCUT2D eigenvalue weighted by Crippen LogP contribution is 2.34. The quantitative estimate of drug-likeness (QED) is 0.337. The van der Waals surface area contributed by atoms with Gasteiger partial charge in [0.05, 0.1) is 10.6 Å². The molecule has 0 spiro atoms. The Morgan fingerprint density at radius 3 is 2.27 bits per heavy atom. The Bertz CT molecular complexity index is 1540. The average molecular weight is 536 g/mol. The van der Waals surface area contributed by atoms with Gasteiger partial charge in [0.15, 0.2) is 5.13 Å². The van der Waals surface area contributed by atoms with Crippen LogP contribution in [0.15, 0.2) is 89.8 Å². The largest absolute Gasteiger partial charge is 0.301 e. The van der Waals surface area contributed by atoms with Crippen molar-refractivity contribution < 1.29 is 22.4 Å². The van der Waals surface area contributed by atoms with Crippen LogP contribution in [-0.2, 0) is 14.8 Å². The Balaban J connectivity index is 1.44. The van der Waals surface area contributed by atoms with Crippen LogP contribution in [0.3, 0.4) is 0 Å². The maximum absolute atomic E-state index is 13.3. The molecule has 1 aliphatic heterocycles. The van der Waals surface area contributed by atoms with E-state index in [4.69, 9.17) is 0 Å². The number of benzene rings is 3. The van der Waals surface area contributed by atoms with Gasteiger partial charge >= 0.3 is 0 Å². The van der Waals surface area contributed by atoms with Crippen LogP contribution in [-0.4, -0.2) is 42.0 Å². The molecule has 4 aromatic rings. The number of hydrogen-bond donors (Lipinski definition) is 1. The summed E-state index contributed by atoms with van der Waals surface area (Å²) in [6, 6.07) is 21.5. The molecule has 3 aromatic carbocycles. The third-order valence-corrected chi connectivity index (χ3v) is 8.97. The fourth-order valence-corrected chi connectivity index (χ4v) is 6.87. The predicted molar refractivity (Wildman–Crippen MR) is 139 cm³/mol. The van der Waals surface area contributed by atoms with Crippen molar-refractivity contribution in [2.24, 2.45) is 0 Å². The van der Waals surface area contributed by atoms with Crippen LogP contribution >= 0.6 is 11.3 Å². The number of halogens is 1. The molecule has 0 bridgehead atoms. The van der Waals surface area contributed by atoms with Crippen molar-refractivity contribution in [3.05, 3.63) is 101 Å². The van der Waals surface area contributed by atoms with Crippen LogP contribution in [0.1, 0.15) is 28.1 Å². The van der Waals surface area contributed by atoms with Crippen molar-refractivity contribution in [1.29, 1.82) is 0 Å². The predicted octanol–water partition coefficient (Wildman–Crippen LogP) is 4.97. The highest BCUT2D eigenvalue weighted by molar-refractivity contribution is 7.89. The van der Waals surface area contributed by atoms with E-state index in [0.717, 1.165) is 33.3 Å². The van der Waals surface area contributed by atoms with Crippen LogP contribution in [0.4, 0.5) is 9.52 Å². The number of hydrogen-bond acceptors (Lipinski definition) is 6. The molecule has 7 nitrogen and oxygen atoms in total. The molecule has 1 aliphatic rings. The van der Waals surface area contributed by atoms with E-state index < -0.39 is 27.8 Å². The number of ketones is 1. The third-order valence-electron chi connectivity index (χ3n) is 6.07. The highest BCUT2D eigenvalue weighted by Gasteiger charge is 2.40. The second kappa shape index (κ2) is 10.3. The number of thiazole rings is 1. The summed E-state index contributed by atoms with van der Waals surface area (Å²) in [5.74, 6) is -1.30. The van der Waals surface area contributed by atoms with Gasteiger partial charge in [-0.1, -0.05) is 72.0 Å². The first kappa shape index (κ1) is 24.9. The topological polar surface area (TPSA) is 96.4 Å². The number of sulfonamides is 1. The molecule has 5 rings (SSSR count). The lowest BCUT2D eigenvalue weighted by molar-refractivity contribution is -0.119. The van der Waals surface area contributed by atoms with E-state index in [2.05, 4.69) is 10.3 Å². The highest BCUT2D eigenvalue weighted by atomic mass is 32.2. The minimum atomic E-state index is -4.00. The molecule has 1 aromatic heterocycles. The average Bonchev–Trinajstić information content (AvgIpc) is 3.58. The summed E-state index contributed by atoms with van der Waals surface area (Å²) in [6.07, 6.45) is 0.836. The summed E-state index contributed by atoms with van der Waals surface area (Å²) < 4.78 is 40.8. The molecule has 1 amide bonds. The zero-order valence-corrected chi connectivity index (χ0v) is 21.1. The van der Waals surface area contributed by atoms with E-state index in [-0.39, 0.29) is 22.4 Å². The van der Waals surface area contributed by atoms with E-state index in [9.17, 15) is 22.4 Å². The standard InChI is InChI=1S/C27H22FN3O4S2/c28-20-13-15-21(16-14-20)37(34,35)31-17-7-12-22(31)26(33)30-27-29-23(18-8-3-1-4-9-18)25(36-27)24(32)19-10-5-2-6-11-19/h1-6,8-11,13-16,22H,7,12,17H2,(H,29,30,33). The lowest BCUT2D eigenvalue weighted by atomic mass is 10.1. The van der Waals surface area contributed by atoms with Gasteiger partial charge in [-0.3, -0.25) is 9.59 Å². The van der Waals surface area contributed by atoms with Crippen LogP contribution in [0.2, 0.25) is 0 Å². The Morgan fingerprint density at radius 1 is 0.946 bits per heavy atom. The van der Waals surface area contributed by atoms with Crippen molar-refractivity contribution in [3.63, 3.8) is 0 Å². The number of carbonyl (C=O) groups excluding carboxylic acids is 2. The van der Waals surface area contributed by atoms with Crippen molar-refractivity contribution in [1.82, 2.24) is 9.29 Å². The minimum absolute atomic E-state index is 0.0787. The summed E-state index contributed by atoms with van der Waals surface area (Å²) in [7, 11) is -4.00. The number of anilines is 1. The van der Waals surface area contributed by atoms with Crippen LogP contribution in [0.5, 0.6) is 0 Å². The van der Waals surface area contributed by atoms with E-state index in [1.807, 2.05) is 36.4 Å². The van der Waals surface area contributed by atoms with Gasteiger partial charge in [-0.15, -0.1) is 0 Å². The molecular formula is C27H22FN3O4S2. The van der Waals surface area contributed by atoms with E-state index in [1.54, 1.807) is 24.3 Å². The van der Waals surface area contributed by atoms with Gasteiger partial charge in [-0.25, -0.2) is 17.8 Å². The maximum atomic E-state index is 13.3. The molecule has 0 radical (unpaired) electrons. The molecule has 1 unspecified atom stereocenters. The molecule has 0 aliphatic carbocycles. The normalized spacial score (nSPS) is 16.0. The molecule has 2 heterocycles. The summed E-state index contributed by atoms with van der Waals surface area (Å²) in [5, 5.41) is 2.94. The smallest absolute Gasteiger partial charge is 0.244 e. The van der Waals surface area contributed by atoms with E-state index in [0.29, 0.717) is 29.0 Å². The molecule has 1 atom stereocenters. The van der Waals surface area contributed by atoms with Crippen LogP contribution < -0.4 is 5.32 Å². The van der Waals surface area contributed by atoms with Crippen molar-refractivity contribution in [2.45, 2.75) is 23.8 Å². The fraction of sp³-hybridized carbons (Fsp3) is 0.148. The van der Waals surface area contributed by atoms with Gasteiger partial charge in [0.2, 0.25) is 21.7 Å². The zero-order valence-electron chi connectivity index (χ0n) is 19.5. The summed E-state index contributed by atoms with van der Waals surface area (Å²) in [6.45, 7) is 0.169. The second-order valence-electron chi connectivity index (χ2n) is 8.47. The molecule has 188 valence electrons. The van der Waals surface area contributed by atoms with Crippen molar-refractivity contribution in [2.75, 3.05) is 11.9 Å². The van der Waals surface area contributed by atoms with E-state index in [1.165, 1.54) is 12.1 Å². The Labute approximate surface area is 217 Å². The first-order chi connectivity index (χ1) is 17.8. The summed E-state index contributed by atoms with van der Waals surface area (Å²) in [4.78, 5) is 31.4. The van der Waals surface area contributed by atoms with Gasteiger partial charge in [0.1, 0.15) is 16.7 Å². The minimum Gasteiger partial charge on any atom is -0.301 e. The van der Waals surface area contributed by atoms with Crippen LogP contribution in [0.25, 0.3) is 11.3 Å². The fourth-order valence-electron chi connectivity index (χ4n) is 4.26. The van der Waals surface area contributed by atoms with Gasteiger partial charge in [-0.05, 0) is 37.1 Å². The summed E-state index contributed by atoms with van der Waals surface area (Å²) in [5.41, 5.74) is 1.66. The second-order valence-corrected chi connectivity index (χ2v) is 11.4. The van der Waals surface area contributed by atoms with E-state index >= 15 is 0 Å². The number of nitrogens with zero attached hydrogens (tertiary/aromatic N) is 2. The first-order valence-corrected chi connectivity index (χ1v) is 13.8. The number of rotatable bonds is 7. The molecule has 1 N–H and O–H groups in total. The van der Waals surface area contributed by atoms with Gasteiger partial charge in [0.25, 0.3) is 0 Å². The molecule has 1 saturated heterocycles. The zero-order chi connectivity index (χ0) is 26.0. The number of amides is 1. The van der Waals surface area contributed by atoms with Crippen LogP contribution in [0, 0.1) is 5.82 Å². The lowest BCUT2D eigenvalue weighted by Gasteiger charge is -2.23. The third kappa shape index (κ3) is 5.08. The monoisotopic (exact) mass is 535 g/mol. The summed E-state index contributed by atoms with van der Waals surface area (Å²) >= 11 is 1.05. The number of carbonyl (C=O) groups is 2. The number of nitrogens with one attached hydrogen (secondary N) is 1. The molecule has 0 saturated carbocycles. The van der Waals surface area contributed by atoms with Gasteiger partial charge in [0, 0.05) is 17.7 Å². The van der Waals surface area contributed by atoms with Crippen molar-refractivity contribution >= 4 is 38.2 Å². The maximum Gasteiger partial charge on any atom is 0.244 e. The van der Waals surface area contributed by atoms with Gasteiger partial charge < -0.3 is 5.32 Å². The molecule has 37 heavy (non-hydrogen) atoms.